The lowest BCUT2D eigenvalue weighted by Crippen LogP contribution is -2.62. The van der Waals surface area contributed by atoms with E-state index in [9.17, 15) is 14.4 Å². The average Bonchev–Trinajstić information content (AvgIpc) is 3.24. The minimum atomic E-state index is -0.211. The highest BCUT2D eigenvalue weighted by molar-refractivity contribution is 8.04. The Morgan fingerprint density at radius 3 is 2.82 bits per heavy atom. The van der Waals surface area contributed by atoms with Gasteiger partial charge in [0.2, 0.25) is 5.91 Å². The molecule has 1 aromatic carbocycles. The van der Waals surface area contributed by atoms with E-state index in [0.717, 1.165) is 42.8 Å². The van der Waals surface area contributed by atoms with E-state index in [2.05, 4.69) is 21.3 Å². The van der Waals surface area contributed by atoms with Crippen LogP contribution in [0.15, 0.2) is 28.8 Å². The highest BCUT2D eigenvalue weighted by atomic mass is 32.2. The van der Waals surface area contributed by atoms with E-state index in [0.29, 0.717) is 23.7 Å². The number of likely N-dealkylation sites (tertiary alicyclic amines) is 1. The second-order valence-electron chi connectivity index (χ2n) is 10.7. The van der Waals surface area contributed by atoms with Gasteiger partial charge in [-0.15, -0.1) is 0 Å². The molecule has 10 nitrogen and oxygen atoms in total. The number of ether oxygens (including phenoxy) is 1. The van der Waals surface area contributed by atoms with E-state index in [4.69, 9.17) is 4.74 Å². The van der Waals surface area contributed by atoms with Gasteiger partial charge >= 0.3 is 6.03 Å². The molecule has 11 heteroatoms. The number of aryl methyl sites for hydroxylation is 1. The molecule has 4 aliphatic rings. The maximum Gasteiger partial charge on any atom is 0.326 e. The van der Waals surface area contributed by atoms with E-state index in [-0.39, 0.29) is 53.9 Å². The first kappa shape index (κ1) is 26.8. The van der Waals surface area contributed by atoms with Crippen LogP contribution in [-0.4, -0.2) is 79.5 Å². The van der Waals surface area contributed by atoms with Crippen LogP contribution in [0.25, 0.3) is 0 Å². The van der Waals surface area contributed by atoms with Gasteiger partial charge in [0.25, 0.3) is 5.91 Å². The predicted octanol–water partition coefficient (Wildman–Crippen LogP) is 1.90. The van der Waals surface area contributed by atoms with Crippen molar-refractivity contribution in [3.8, 4) is 5.75 Å². The minimum Gasteiger partial charge on any atom is -0.491 e. The predicted molar refractivity (Wildman–Crippen MR) is 148 cm³/mol. The topological polar surface area (TPSA) is 115 Å². The molecule has 0 saturated carbocycles. The molecule has 0 spiro atoms. The molecule has 4 heterocycles. The number of urea groups is 1. The first-order valence-electron chi connectivity index (χ1n) is 13.5. The van der Waals surface area contributed by atoms with Crippen LogP contribution < -0.4 is 30.9 Å². The molecule has 3 fully saturated rings. The van der Waals surface area contributed by atoms with Crippen molar-refractivity contribution in [2.45, 2.75) is 63.6 Å². The summed E-state index contributed by atoms with van der Waals surface area (Å²) >= 11 is 1.50. The Bertz CT molecular complexity index is 1140. The summed E-state index contributed by atoms with van der Waals surface area (Å²) in [7, 11) is 1.75. The highest BCUT2D eigenvalue weighted by Crippen LogP contribution is 2.48. The minimum absolute atomic E-state index is 0.0107. The quantitative estimate of drug-likeness (QED) is 0.416. The maximum atomic E-state index is 13.5. The van der Waals surface area contributed by atoms with E-state index >= 15 is 0 Å². The lowest BCUT2D eigenvalue weighted by atomic mass is 9.86. The van der Waals surface area contributed by atoms with Crippen molar-refractivity contribution in [3.05, 3.63) is 34.4 Å². The summed E-state index contributed by atoms with van der Waals surface area (Å²) in [6, 6.07) is 5.47. The number of carbonyl (C=O) groups excluding carboxylic acids is 3. The van der Waals surface area contributed by atoms with Crippen molar-refractivity contribution in [3.63, 3.8) is 0 Å². The summed E-state index contributed by atoms with van der Waals surface area (Å²) in [5.41, 5.74) is 2.55. The van der Waals surface area contributed by atoms with Gasteiger partial charge in [-0.05, 0) is 77.4 Å². The Labute approximate surface area is 228 Å². The first-order valence-corrected chi connectivity index (χ1v) is 14.4. The number of thioether (sulfide) groups is 1. The standard InChI is InChI=1S/C27H38N6O4S/c1-15(2)37-18-7-8-19(16(3)12-18)33-20-9-10-29-26-22(20)23(31-27(33)36)24(38-26)25(35)30-17-6-5-11-32(14-17)21(34)13-28-4/h7-8,12,15,17,20,22,26,28-29H,5-6,9-11,13-14H2,1-4H3,(H,30,35)(H,31,36)/t17-,20?,22?,26?/m1/s1. The molecule has 38 heavy (non-hydrogen) atoms. The number of hydrogen-bond acceptors (Lipinski definition) is 7. The number of likely N-dealkylation sites (N-methyl/N-ethyl adjacent to an activating group) is 1. The number of nitrogens with zero attached hydrogens (tertiary/aromatic N) is 2. The molecule has 3 unspecified atom stereocenters. The second kappa shape index (κ2) is 11.2. The molecule has 206 valence electrons. The molecular formula is C27H38N6O4S. The third kappa shape index (κ3) is 5.23. The van der Waals surface area contributed by atoms with Crippen molar-refractivity contribution in [2.75, 3.05) is 38.1 Å². The van der Waals surface area contributed by atoms with E-state index in [1.54, 1.807) is 7.05 Å². The molecule has 4 amide bonds. The Morgan fingerprint density at radius 2 is 2.08 bits per heavy atom. The maximum absolute atomic E-state index is 13.5. The number of rotatable bonds is 7. The van der Waals surface area contributed by atoms with Crippen molar-refractivity contribution < 1.29 is 19.1 Å². The van der Waals surface area contributed by atoms with E-state index < -0.39 is 0 Å². The number of carbonyl (C=O) groups is 3. The van der Waals surface area contributed by atoms with Crippen molar-refractivity contribution in [1.82, 2.24) is 26.2 Å². The number of benzene rings is 1. The van der Waals surface area contributed by atoms with Gasteiger partial charge in [0.05, 0.1) is 29.0 Å². The van der Waals surface area contributed by atoms with Gasteiger partial charge in [0, 0.05) is 36.4 Å². The van der Waals surface area contributed by atoms with Crippen molar-refractivity contribution >= 4 is 35.3 Å². The number of nitrogens with one attached hydrogen (secondary N) is 4. The van der Waals surface area contributed by atoms with Crippen LogP contribution in [0.3, 0.4) is 0 Å². The summed E-state index contributed by atoms with van der Waals surface area (Å²) in [4.78, 5) is 43.6. The Hall–Kier alpha value is -2.76. The zero-order valence-electron chi connectivity index (χ0n) is 22.5. The number of piperidine rings is 2. The van der Waals surface area contributed by atoms with Crippen LogP contribution in [0, 0.1) is 12.8 Å². The Kier molecular flexibility index (Phi) is 7.88. The van der Waals surface area contributed by atoms with Crippen LogP contribution in [-0.2, 0) is 9.59 Å². The Morgan fingerprint density at radius 1 is 1.26 bits per heavy atom. The Balaban J connectivity index is 1.35. The highest BCUT2D eigenvalue weighted by Gasteiger charge is 2.52. The average molecular weight is 543 g/mol. The molecule has 0 radical (unpaired) electrons. The van der Waals surface area contributed by atoms with Crippen molar-refractivity contribution in [1.29, 1.82) is 0 Å². The molecule has 5 rings (SSSR count). The lowest BCUT2D eigenvalue weighted by Gasteiger charge is -2.46. The normalized spacial score (nSPS) is 26.8. The molecule has 4 aliphatic heterocycles. The molecule has 3 saturated heterocycles. The van der Waals surface area contributed by atoms with Gasteiger partial charge in [0.1, 0.15) is 5.75 Å². The lowest BCUT2D eigenvalue weighted by molar-refractivity contribution is -0.132. The van der Waals surface area contributed by atoms with Gasteiger partial charge in [-0.2, -0.15) is 0 Å². The fourth-order valence-corrected chi connectivity index (χ4v) is 7.38. The summed E-state index contributed by atoms with van der Waals surface area (Å²) in [6.45, 7) is 8.25. The molecular weight excluding hydrogens is 504 g/mol. The third-order valence-corrected chi connectivity index (χ3v) is 8.94. The van der Waals surface area contributed by atoms with Crippen LogP contribution >= 0.6 is 11.8 Å². The fraction of sp³-hybridized carbons (Fsp3) is 0.593. The SMILES string of the molecule is CNCC(=O)N1CCC[C@@H](NC(=O)C2=C3NC(=O)N(c4ccc(OC(C)C)cc4C)C4CCNC(S2)C34)C1. The number of hydrogen-bond donors (Lipinski definition) is 4. The van der Waals surface area contributed by atoms with E-state index in [1.165, 1.54) is 11.8 Å². The molecule has 0 aromatic heterocycles. The fourth-order valence-electron chi connectivity index (χ4n) is 5.98. The smallest absolute Gasteiger partial charge is 0.326 e. The molecule has 0 bridgehead atoms. The van der Waals surface area contributed by atoms with Gasteiger partial charge in [-0.3, -0.25) is 14.5 Å². The molecule has 0 aliphatic carbocycles. The molecule has 4 N–H and O–H groups in total. The summed E-state index contributed by atoms with van der Waals surface area (Å²) < 4.78 is 5.84. The molecule has 1 aromatic rings. The summed E-state index contributed by atoms with van der Waals surface area (Å²) in [5.74, 6) is 0.637. The number of amides is 4. The van der Waals surface area contributed by atoms with Crippen LogP contribution in [0.5, 0.6) is 5.75 Å². The third-order valence-electron chi connectivity index (χ3n) is 7.58. The first-order chi connectivity index (χ1) is 18.3. The molecule has 4 atom stereocenters. The van der Waals surface area contributed by atoms with Gasteiger partial charge in [-0.25, -0.2) is 4.79 Å². The summed E-state index contributed by atoms with van der Waals surface area (Å²) in [5, 5.41) is 12.7. The van der Waals surface area contributed by atoms with Gasteiger partial charge in [-0.1, -0.05) is 11.8 Å². The second-order valence-corrected chi connectivity index (χ2v) is 11.9. The zero-order valence-corrected chi connectivity index (χ0v) is 23.3. The van der Waals surface area contributed by atoms with Crippen molar-refractivity contribution in [2.24, 2.45) is 5.92 Å². The van der Waals surface area contributed by atoms with Crippen LogP contribution in [0.1, 0.15) is 38.7 Å². The van der Waals surface area contributed by atoms with Crippen LogP contribution in [0.2, 0.25) is 0 Å². The monoisotopic (exact) mass is 542 g/mol. The zero-order chi connectivity index (χ0) is 27.0. The van der Waals surface area contributed by atoms with Gasteiger partial charge in [0.15, 0.2) is 0 Å². The summed E-state index contributed by atoms with van der Waals surface area (Å²) in [6.07, 6.45) is 2.54. The largest absolute Gasteiger partial charge is 0.491 e. The number of anilines is 1. The van der Waals surface area contributed by atoms with Crippen LogP contribution in [0.4, 0.5) is 10.5 Å². The van der Waals surface area contributed by atoms with E-state index in [1.807, 2.05) is 48.8 Å². The van der Waals surface area contributed by atoms with Gasteiger partial charge < -0.3 is 30.9 Å².